The van der Waals surface area contributed by atoms with Gasteiger partial charge in [0.2, 0.25) is 0 Å². The molecule has 2 atom stereocenters. The van der Waals surface area contributed by atoms with Gasteiger partial charge in [-0.05, 0) is 36.9 Å². The Morgan fingerprint density at radius 2 is 2.05 bits per heavy atom. The van der Waals surface area contributed by atoms with Crippen LogP contribution in [-0.4, -0.2) is 26.8 Å². The van der Waals surface area contributed by atoms with Crippen LogP contribution in [0.25, 0.3) is 0 Å². The molecule has 0 aromatic heterocycles. The second-order valence-electron chi connectivity index (χ2n) is 5.69. The quantitative estimate of drug-likeness (QED) is 0.885. The first-order valence-corrected chi connectivity index (χ1v) is 7.11. The van der Waals surface area contributed by atoms with Crippen LogP contribution in [0.15, 0.2) is 18.2 Å². The Morgan fingerprint density at radius 1 is 1.26 bits per heavy atom. The predicted octanol–water partition coefficient (Wildman–Crippen LogP) is 3.20. The summed E-state index contributed by atoms with van der Waals surface area (Å²) >= 11 is 0. The molecule has 1 fully saturated rings. The Labute approximate surface area is 116 Å². The molecule has 3 nitrogen and oxygen atoms in total. The Balaban J connectivity index is 2.24. The van der Waals surface area contributed by atoms with Gasteiger partial charge in [0.05, 0.1) is 14.2 Å². The fourth-order valence-corrected chi connectivity index (χ4v) is 3.02. The third-order valence-corrected chi connectivity index (χ3v) is 3.91. The molecule has 2 rings (SSSR count). The maximum Gasteiger partial charge on any atom is 0.126 e. The lowest BCUT2D eigenvalue weighted by Gasteiger charge is -2.23. The van der Waals surface area contributed by atoms with E-state index in [4.69, 9.17) is 9.47 Å². The van der Waals surface area contributed by atoms with Crippen molar-refractivity contribution < 1.29 is 9.47 Å². The first-order chi connectivity index (χ1) is 9.15. The Bertz CT molecular complexity index is 417. The van der Waals surface area contributed by atoms with Crippen LogP contribution in [0.4, 0.5) is 0 Å². The molecule has 0 spiro atoms. The summed E-state index contributed by atoms with van der Waals surface area (Å²) in [5.41, 5.74) is 1.30. The number of hydrogen-bond donors (Lipinski definition) is 1. The first-order valence-electron chi connectivity index (χ1n) is 7.11. The normalized spacial score (nSPS) is 22.8. The zero-order valence-electron chi connectivity index (χ0n) is 12.4. The van der Waals surface area contributed by atoms with Gasteiger partial charge in [0.15, 0.2) is 0 Å². The summed E-state index contributed by atoms with van der Waals surface area (Å²) in [6.45, 7) is 5.65. The van der Waals surface area contributed by atoms with Crippen LogP contribution in [-0.2, 0) is 0 Å². The Morgan fingerprint density at radius 3 is 2.68 bits per heavy atom. The number of hydrogen-bond acceptors (Lipinski definition) is 3. The van der Waals surface area contributed by atoms with Crippen LogP contribution in [0.2, 0.25) is 0 Å². The maximum absolute atomic E-state index is 5.55. The van der Waals surface area contributed by atoms with Crippen LogP contribution in [0.5, 0.6) is 11.5 Å². The van der Waals surface area contributed by atoms with E-state index in [0.29, 0.717) is 17.9 Å². The van der Waals surface area contributed by atoms with Crippen molar-refractivity contribution in [2.24, 2.45) is 5.92 Å². The van der Waals surface area contributed by atoms with Crippen LogP contribution < -0.4 is 14.8 Å². The van der Waals surface area contributed by atoms with Crippen molar-refractivity contribution in [3.05, 3.63) is 23.8 Å². The Hall–Kier alpha value is -1.22. The van der Waals surface area contributed by atoms with E-state index in [-0.39, 0.29) is 0 Å². The highest BCUT2D eigenvalue weighted by atomic mass is 16.5. The van der Waals surface area contributed by atoms with Gasteiger partial charge in [0, 0.05) is 18.0 Å². The molecule has 1 aromatic carbocycles. The van der Waals surface area contributed by atoms with Gasteiger partial charge in [-0.1, -0.05) is 19.9 Å². The first kappa shape index (κ1) is 14.2. The molecule has 1 aromatic rings. The number of nitrogens with one attached hydrogen (secondary N) is 1. The van der Waals surface area contributed by atoms with Gasteiger partial charge in [0.1, 0.15) is 11.5 Å². The van der Waals surface area contributed by atoms with Crippen molar-refractivity contribution >= 4 is 0 Å². The topological polar surface area (TPSA) is 30.5 Å². The second-order valence-corrected chi connectivity index (χ2v) is 5.69. The smallest absolute Gasteiger partial charge is 0.126 e. The molecule has 3 heteroatoms. The van der Waals surface area contributed by atoms with Gasteiger partial charge < -0.3 is 14.8 Å². The monoisotopic (exact) mass is 263 g/mol. The van der Waals surface area contributed by atoms with Crippen LogP contribution in [0.3, 0.4) is 0 Å². The Kier molecular flexibility index (Phi) is 4.70. The number of benzene rings is 1. The molecule has 19 heavy (non-hydrogen) atoms. The summed E-state index contributed by atoms with van der Waals surface area (Å²) in [5, 5.41) is 3.63. The highest BCUT2D eigenvalue weighted by molar-refractivity contribution is 5.43. The third-order valence-electron chi connectivity index (χ3n) is 3.91. The number of rotatable bonds is 5. The van der Waals surface area contributed by atoms with Crippen molar-refractivity contribution in [2.75, 3.05) is 20.8 Å². The average Bonchev–Trinajstić information content (AvgIpc) is 2.85. The van der Waals surface area contributed by atoms with Crippen molar-refractivity contribution in [3.63, 3.8) is 0 Å². The molecular formula is C16H25NO2. The standard InChI is InChI=1S/C16H25NO2/c1-11(2)9-15-13(7-8-17-15)14-6-5-12(18-3)10-16(14)19-4/h5-6,10-11,13,15,17H,7-9H2,1-4H3. The summed E-state index contributed by atoms with van der Waals surface area (Å²) in [5.74, 6) is 3.05. The number of ether oxygens (including phenoxy) is 2. The van der Waals surface area contributed by atoms with E-state index in [0.717, 1.165) is 18.0 Å². The molecule has 1 heterocycles. The van der Waals surface area contributed by atoms with Crippen molar-refractivity contribution in [2.45, 2.75) is 38.6 Å². The van der Waals surface area contributed by atoms with Crippen LogP contribution in [0, 0.1) is 5.92 Å². The largest absolute Gasteiger partial charge is 0.497 e. The summed E-state index contributed by atoms with van der Waals surface area (Å²) in [6.07, 6.45) is 2.39. The van der Waals surface area contributed by atoms with Gasteiger partial charge in [-0.25, -0.2) is 0 Å². The molecule has 2 unspecified atom stereocenters. The van der Waals surface area contributed by atoms with Crippen molar-refractivity contribution in [1.82, 2.24) is 5.32 Å². The molecule has 1 N–H and O–H groups in total. The van der Waals surface area contributed by atoms with E-state index in [2.05, 4.69) is 25.2 Å². The summed E-state index contributed by atoms with van der Waals surface area (Å²) in [7, 11) is 3.42. The average molecular weight is 263 g/mol. The molecule has 0 aliphatic carbocycles. The minimum Gasteiger partial charge on any atom is -0.497 e. The summed E-state index contributed by atoms with van der Waals surface area (Å²) in [6, 6.07) is 6.73. The molecule has 1 aliphatic rings. The molecule has 106 valence electrons. The van der Waals surface area contributed by atoms with Crippen molar-refractivity contribution in [3.8, 4) is 11.5 Å². The molecule has 1 aliphatic heterocycles. The van der Waals surface area contributed by atoms with E-state index in [1.807, 2.05) is 12.1 Å². The molecule has 0 bridgehead atoms. The summed E-state index contributed by atoms with van der Waals surface area (Å²) in [4.78, 5) is 0. The van der Waals surface area contributed by atoms with Gasteiger partial charge in [0.25, 0.3) is 0 Å². The number of methoxy groups -OCH3 is 2. The second kappa shape index (κ2) is 6.29. The zero-order valence-corrected chi connectivity index (χ0v) is 12.4. The highest BCUT2D eigenvalue weighted by Crippen LogP contribution is 2.38. The lowest BCUT2D eigenvalue weighted by Crippen LogP contribution is -2.27. The van der Waals surface area contributed by atoms with Crippen LogP contribution in [0.1, 0.15) is 38.2 Å². The fourth-order valence-electron chi connectivity index (χ4n) is 3.02. The van der Waals surface area contributed by atoms with Gasteiger partial charge in [-0.3, -0.25) is 0 Å². The SMILES string of the molecule is COc1ccc(C2CCNC2CC(C)C)c(OC)c1. The van der Waals surface area contributed by atoms with E-state index >= 15 is 0 Å². The molecule has 0 amide bonds. The van der Waals surface area contributed by atoms with Gasteiger partial charge in [-0.15, -0.1) is 0 Å². The zero-order chi connectivity index (χ0) is 13.8. The van der Waals surface area contributed by atoms with Crippen molar-refractivity contribution in [1.29, 1.82) is 0 Å². The maximum atomic E-state index is 5.55. The molecule has 0 radical (unpaired) electrons. The minimum atomic E-state index is 0.545. The minimum absolute atomic E-state index is 0.545. The fraction of sp³-hybridized carbons (Fsp3) is 0.625. The van der Waals surface area contributed by atoms with Crippen LogP contribution >= 0.6 is 0 Å². The summed E-state index contributed by atoms with van der Waals surface area (Å²) < 4.78 is 10.8. The van der Waals surface area contributed by atoms with Gasteiger partial charge in [-0.2, -0.15) is 0 Å². The van der Waals surface area contributed by atoms with E-state index < -0.39 is 0 Å². The molecular weight excluding hydrogens is 238 g/mol. The van der Waals surface area contributed by atoms with Gasteiger partial charge >= 0.3 is 0 Å². The van der Waals surface area contributed by atoms with E-state index in [1.54, 1.807) is 14.2 Å². The van der Waals surface area contributed by atoms with E-state index in [1.165, 1.54) is 18.4 Å². The lowest BCUT2D eigenvalue weighted by molar-refractivity contribution is 0.379. The molecule has 0 saturated carbocycles. The molecule has 1 saturated heterocycles. The predicted molar refractivity (Wildman–Crippen MR) is 78.1 cm³/mol. The highest BCUT2D eigenvalue weighted by Gasteiger charge is 2.30. The van der Waals surface area contributed by atoms with E-state index in [9.17, 15) is 0 Å². The lowest BCUT2D eigenvalue weighted by atomic mass is 9.87. The third kappa shape index (κ3) is 3.21.